The molecule has 0 bridgehead atoms. The van der Waals surface area contributed by atoms with Crippen molar-refractivity contribution in [2.45, 2.75) is 19.3 Å². The van der Waals surface area contributed by atoms with Crippen LogP contribution in [0.15, 0.2) is 54.1 Å². The maximum Gasteiger partial charge on any atom is 0.273 e. The van der Waals surface area contributed by atoms with Crippen LogP contribution in [-0.4, -0.2) is 10.7 Å². The maximum absolute atomic E-state index is 12.0. The molecule has 0 aromatic heterocycles. The van der Waals surface area contributed by atoms with E-state index in [1.165, 1.54) is 13.0 Å². The summed E-state index contributed by atoms with van der Waals surface area (Å²) in [6, 6.07) is 15.1. The number of nitro groups is 1. The van der Waals surface area contributed by atoms with E-state index >= 15 is 0 Å². The van der Waals surface area contributed by atoms with E-state index in [0.717, 1.165) is 5.56 Å². The molecular weight excluding hydrogens is 340 g/mol. The second kappa shape index (κ2) is 8.22. The first kappa shape index (κ1) is 18.4. The van der Waals surface area contributed by atoms with Gasteiger partial charge >= 0.3 is 0 Å². The van der Waals surface area contributed by atoms with E-state index in [1.807, 2.05) is 0 Å². The van der Waals surface area contributed by atoms with Gasteiger partial charge in [-0.25, -0.2) is 0 Å². The highest BCUT2D eigenvalue weighted by molar-refractivity contribution is 6.30. The number of Topliss-reactive ketones (excluding diaryl/α,β-unsaturated/α-hetero) is 1. The van der Waals surface area contributed by atoms with Gasteiger partial charge < -0.3 is 0 Å². The summed E-state index contributed by atoms with van der Waals surface area (Å²) >= 11 is 5.85. The zero-order valence-electron chi connectivity index (χ0n) is 13.5. The standard InChI is InChI=1S/C19H15ClN2O3/c1-13(23)15(10-14-6-8-17(20)9-7-14)11-16(12-21)18-4-2-3-5-19(18)22(24)25/h2-10,16H,11H2,1H3/b15-10+. The number of carbonyl (C=O) groups excluding carboxylic acids is 1. The van der Waals surface area contributed by atoms with Gasteiger partial charge in [0.15, 0.2) is 5.78 Å². The number of allylic oxidation sites excluding steroid dienone is 1. The molecule has 0 fully saturated rings. The van der Waals surface area contributed by atoms with Gasteiger partial charge in [0.25, 0.3) is 5.69 Å². The number of halogens is 1. The molecule has 126 valence electrons. The predicted molar refractivity (Wildman–Crippen MR) is 96.2 cm³/mol. The van der Waals surface area contributed by atoms with Gasteiger partial charge in [-0.1, -0.05) is 41.9 Å². The normalized spacial score (nSPS) is 12.3. The quantitative estimate of drug-likeness (QED) is 0.418. The van der Waals surface area contributed by atoms with Crippen molar-refractivity contribution in [3.8, 4) is 6.07 Å². The Hall–Kier alpha value is -2.97. The minimum absolute atomic E-state index is 0.0965. The number of rotatable bonds is 6. The molecule has 2 aromatic carbocycles. The molecule has 0 spiro atoms. The third-order valence-corrected chi connectivity index (χ3v) is 4.00. The van der Waals surface area contributed by atoms with Crippen LogP contribution in [0, 0.1) is 21.4 Å². The van der Waals surface area contributed by atoms with Gasteiger partial charge in [0.2, 0.25) is 0 Å². The highest BCUT2D eigenvalue weighted by Crippen LogP contribution is 2.31. The summed E-state index contributed by atoms with van der Waals surface area (Å²) in [5, 5.41) is 21.3. The van der Waals surface area contributed by atoms with E-state index in [0.29, 0.717) is 16.2 Å². The van der Waals surface area contributed by atoms with Gasteiger partial charge in [-0.05, 0) is 42.7 Å². The van der Waals surface area contributed by atoms with Crippen LogP contribution in [0.4, 0.5) is 5.69 Å². The van der Waals surface area contributed by atoms with Crippen molar-refractivity contribution in [3.63, 3.8) is 0 Å². The highest BCUT2D eigenvalue weighted by atomic mass is 35.5. The number of nitro benzene ring substituents is 1. The molecular formula is C19H15ClN2O3. The Morgan fingerprint density at radius 2 is 1.92 bits per heavy atom. The minimum atomic E-state index is -0.788. The summed E-state index contributed by atoms with van der Waals surface area (Å²) in [6.07, 6.45) is 1.77. The maximum atomic E-state index is 12.0. The SMILES string of the molecule is CC(=O)/C(=C/c1ccc(Cl)cc1)CC(C#N)c1ccccc1[N+](=O)[O-]. The lowest BCUT2D eigenvalue weighted by Gasteiger charge is -2.11. The Bertz CT molecular complexity index is 867. The number of carbonyl (C=O) groups is 1. The summed E-state index contributed by atoms with van der Waals surface area (Å²) in [5.74, 6) is -0.974. The second-order valence-electron chi connectivity index (χ2n) is 5.48. The van der Waals surface area contributed by atoms with Gasteiger partial charge in [-0.15, -0.1) is 0 Å². The van der Waals surface area contributed by atoms with Crippen LogP contribution in [0.5, 0.6) is 0 Å². The van der Waals surface area contributed by atoms with Gasteiger partial charge in [0.05, 0.1) is 16.9 Å². The van der Waals surface area contributed by atoms with Crippen molar-refractivity contribution >= 4 is 29.1 Å². The summed E-state index contributed by atoms with van der Waals surface area (Å²) in [5.41, 5.74) is 1.38. The predicted octanol–water partition coefficient (Wildman–Crippen LogP) is 4.92. The zero-order valence-corrected chi connectivity index (χ0v) is 14.2. The lowest BCUT2D eigenvalue weighted by molar-refractivity contribution is -0.385. The molecule has 0 saturated heterocycles. The monoisotopic (exact) mass is 354 g/mol. The average molecular weight is 355 g/mol. The topological polar surface area (TPSA) is 84.0 Å². The molecule has 0 amide bonds. The minimum Gasteiger partial charge on any atom is -0.295 e. The van der Waals surface area contributed by atoms with Crippen LogP contribution in [-0.2, 0) is 4.79 Å². The molecule has 5 nitrogen and oxygen atoms in total. The van der Waals surface area contributed by atoms with E-state index < -0.39 is 10.8 Å². The fourth-order valence-corrected chi connectivity index (χ4v) is 2.58. The van der Waals surface area contributed by atoms with Crippen molar-refractivity contribution in [2.24, 2.45) is 0 Å². The number of para-hydroxylation sites is 1. The summed E-state index contributed by atoms with van der Waals surface area (Å²) in [6.45, 7) is 1.41. The first-order valence-corrected chi connectivity index (χ1v) is 7.90. The van der Waals surface area contributed by atoms with E-state index in [4.69, 9.17) is 11.6 Å². The third kappa shape index (κ3) is 4.75. The summed E-state index contributed by atoms with van der Waals surface area (Å²) < 4.78 is 0. The molecule has 0 heterocycles. The third-order valence-electron chi connectivity index (χ3n) is 3.75. The number of benzene rings is 2. The summed E-state index contributed by atoms with van der Waals surface area (Å²) in [7, 11) is 0. The Labute approximate surface area is 150 Å². The molecule has 1 unspecified atom stereocenters. The largest absolute Gasteiger partial charge is 0.295 e. The smallest absolute Gasteiger partial charge is 0.273 e. The molecule has 0 N–H and O–H groups in total. The lowest BCUT2D eigenvalue weighted by Crippen LogP contribution is -2.06. The Morgan fingerprint density at radius 1 is 1.28 bits per heavy atom. The molecule has 0 aliphatic rings. The lowest BCUT2D eigenvalue weighted by atomic mass is 9.90. The average Bonchev–Trinajstić information content (AvgIpc) is 2.60. The zero-order chi connectivity index (χ0) is 18.4. The number of hydrogen-bond donors (Lipinski definition) is 0. The Kier molecular flexibility index (Phi) is 6.04. The fourth-order valence-electron chi connectivity index (χ4n) is 2.46. The molecule has 1 atom stereocenters. The molecule has 6 heteroatoms. The fraction of sp³-hybridized carbons (Fsp3) is 0.158. The molecule has 0 aliphatic carbocycles. The van der Waals surface area contributed by atoms with Crippen molar-refractivity contribution in [3.05, 3.63) is 80.4 Å². The van der Waals surface area contributed by atoms with Crippen LogP contribution in [0.3, 0.4) is 0 Å². The van der Waals surface area contributed by atoms with Crippen molar-refractivity contribution in [2.75, 3.05) is 0 Å². The molecule has 0 saturated carbocycles. The molecule has 0 aliphatic heterocycles. The second-order valence-corrected chi connectivity index (χ2v) is 5.92. The van der Waals surface area contributed by atoms with Crippen LogP contribution < -0.4 is 0 Å². The Balaban J connectivity index is 2.38. The van der Waals surface area contributed by atoms with Crippen LogP contribution in [0.1, 0.15) is 30.4 Å². The molecule has 2 aromatic rings. The number of nitriles is 1. The first-order valence-electron chi connectivity index (χ1n) is 7.52. The number of ketones is 1. The van der Waals surface area contributed by atoms with Gasteiger partial charge in [-0.2, -0.15) is 5.26 Å². The van der Waals surface area contributed by atoms with Crippen molar-refractivity contribution in [1.82, 2.24) is 0 Å². The van der Waals surface area contributed by atoms with Gasteiger partial charge in [0.1, 0.15) is 0 Å². The van der Waals surface area contributed by atoms with Crippen LogP contribution >= 0.6 is 11.6 Å². The Morgan fingerprint density at radius 3 is 2.48 bits per heavy atom. The van der Waals surface area contributed by atoms with Gasteiger partial charge in [0, 0.05) is 16.7 Å². The summed E-state index contributed by atoms with van der Waals surface area (Å²) in [4.78, 5) is 22.6. The molecule has 25 heavy (non-hydrogen) atoms. The number of nitrogens with zero attached hydrogens (tertiary/aromatic N) is 2. The first-order chi connectivity index (χ1) is 11.9. The number of hydrogen-bond acceptors (Lipinski definition) is 4. The molecule has 0 radical (unpaired) electrons. The van der Waals surface area contributed by atoms with E-state index in [2.05, 4.69) is 6.07 Å². The highest BCUT2D eigenvalue weighted by Gasteiger charge is 2.23. The molecule has 2 rings (SSSR count). The van der Waals surface area contributed by atoms with Crippen molar-refractivity contribution in [1.29, 1.82) is 5.26 Å². The van der Waals surface area contributed by atoms with E-state index in [-0.39, 0.29) is 17.9 Å². The van der Waals surface area contributed by atoms with Crippen molar-refractivity contribution < 1.29 is 9.72 Å². The van der Waals surface area contributed by atoms with Gasteiger partial charge in [-0.3, -0.25) is 14.9 Å². The van der Waals surface area contributed by atoms with E-state index in [9.17, 15) is 20.2 Å². The van der Waals surface area contributed by atoms with Crippen LogP contribution in [0.25, 0.3) is 6.08 Å². The van der Waals surface area contributed by atoms with E-state index in [1.54, 1.807) is 48.5 Å². The van der Waals surface area contributed by atoms with Crippen LogP contribution in [0.2, 0.25) is 5.02 Å².